The van der Waals surface area contributed by atoms with Crippen LogP contribution in [0.5, 0.6) is 0 Å². The number of hydrogen-bond acceptors (Lipinski definition) is 4. The molecule has 6 heteroatoms. The molecule has 1 aliphatic heterocycles. The maximum Gasteiger partial charge on any atom is 0.303 e. The van der Waals surface area contributed by atoms with Gasteiger partial charge in [-0.15, -0.1) is 0 Å². The number of likely N-dealkylation sites (tertiary alicyclic amines) is 1. The summed E-state index contributed by atoms with van der Waals surface area (Å²) in [5, 5.41) is 21.0. The van der Waals surface area contributed by atoms with Crippen LogP contribution in [-0.4, -0.2) is 52.9 Å². The first-order valence-electron chi connectivity index (χ1n) is 7.00. The van der Waals surface area contributed by atoms with E-state index in [9.17, 15) is 14.7 Å². The highest BCUT2D eigenvalue weighted by Gasteiger charge is 2.19. The Bertz CT molecular complexity index is 296. The molecule has 6 nitrogen and oxygen atoms in total. The minimum atomic E-state index is -0.820. The van der Waals surface area contributed by atoms with Crippen LogP contribution in [0.1, 0.15) is 44.9 Å². The van der Waals surface area contributed by atoms with Crippen LogP contribution in [0.3, 0.4) is 0 Å². The lowest BCUT2D eigenvalue weighted by Crippen LogP contribution is -2.43. The molecular weight excluding hydrogens is 248 g/mol. The van der Waals surface area contributed by atoms with Gasteiger partial charge in [-0.1, -0.05) is 0 Å². The lowest BCUT2D eigenvalue weighted by atomic mass is 10.1. The van der Waals surface area contributed by atoms with Crippen molar-refractivity contribution in [1.82, 2.24) is 10.2 Å². The average molecular weight is 272 g/mol. The van der Waals surface area contributed by atoms with Crippen LogP contribution in [-0.2, 0) is 9.59 Å². The number of aliphatic hydroxyl groups is 1. The van der Waals surface area contributed by atoms with Crippen LogP contribution in [0.25, 0.3) is 0 Å². The van der Waals surface area contributed by atoms with Crippen molar-refractivity contribution in [1.29, 1.82) is 0 Å². The van der Waals surface area contributed by atoms with E-state index in [4.69, 9.17) is 5.11 Å². The Hall–Kier alpha value is -1.14. The Morgan fingerprint density at radius 3 is 2.63 bits per heavy atom. The first kappa shape index (κ1) is 15.9. The van der Waals surface area contributed by atoms with Crippen LogP contribution in [0.4, 0.5) is 0 Å². The number of nitrogens with one attached hydrogen (secondary N) is 1. The summed E-state index contributed by atoms with van der Waals surface area (Å²) in [6, 6.07) is 0. The molecule has 1 fully saturated rings. The van der Waals surface area contributed by atoms with E-state index < -0.39 is 5.97 Å². The highest BCUT2D eigenvalue weighted by Crippen LogP contribution is 2.13. The Morgan fingerprint density at radius 2 is 1.95 bits per heavy atom. The van der Waals surface area contributed by atoms with Gasteiger partial charge in [-0.3, -0.25) is 14.5 Å². The lowest BCUT2D eigenvalue weighted by molar-refractivity contribution is -0.137. The zero-order valence-corrected chi connectivity index (χ0v) is 11.3. The molecule has 0 aliphatic carbocycles. The van der Waals surface area contributed by atoms with Gasteiger partial charge in [0, 0.05) is 32.5 Å². The van der Waals surface area contributed by atoms with Crippen molar-refractivity contribution in [3.8, 4) is 0 Å². The standard InChI is InChI=1S/C13H24N2O4/c16-11(5-1-2-7-13(18)19)14-8-10-15-9-4-3-6-12(15)17/h12,17H,1-10H2,(H,14,16)(H,18,19). The number of carboxylic acids is 1. The van der Waals surface area contributed by atoms with Crippen molar-refractivity contribution >= 4 is 11.9 Å². The number of rotatable bonds is 8. The van der Waals surface area contributed by atoms with Crippen LogP contribution < -0.4 is 5.32 Å². The van der Waals surface area contributed by atoms with Gasteiger partial charge < -0.3 is 15.5 Å². The third-order valence-electron chi connectivity index (χ3n) is 3.34. The first-order valence-corrected chi connectivity index (χ1v) is 7.00. The quantitative estimate of drug-likeness (QED) is 0.561. The summed E-state index contributed by atoms with van der Waals surface area (Å²) >= 11 is 0. The van der Waals surface area contributed by atoms with E-state index in [0.29, 0.717) is 32.4 Å². The van der Waals surface area contributed by atoms with Crippen LogP contribution >= 0.6 is 0 Å². The topological polar surface area (TPSA) is 89.9 Å². The van der Waals surface area contributed by atoms with Gasteiger partial charge >= 0.3 is 5.97 Å². The van der Waals surface area contributed by atoms with Crippen molar-refractivity contribution in [2.24, 2.45) is 0 Å². The fourth-order valence-electron chi connectivity index (χ4n) is 2.22. The number of aliphatic carboxylic acids is 1. The van der Waals surface area contributed by atoms with Crippen LogP contribution in [0, 0.1) is 0 Å². The molecule has 19 heavy (non-hydrogen) atoms. The molecule has 0 aromatic carbocycles. The van der Waals surface area contributed by atoms with E-state index in [1.165, 1.54) is 0 Å². The van der Waals surface area contributed by atoms with E-state index >= 15 is 0 Å². The van der Waals surface area contributed by atoms with Gasteiger partial charge in [0.15, 0.2) is 0 Å². The van der Waals surface area contributed by atoms with Crippen molar-refractivity contribution < 1.29 is 19.8 Å². The molecule has 0 spiro atoms. The van der Waals surface area contributed by atoms with Gasteiger partial charge in [0.05, 0.1) is 0 Å². The van der Waals surface area contributed by atoms with Crippen molar-refractivity contribution in [2.45, 2.75) is 51.2 Å². The number of carbonyl (C=O) groups is 2. The number of unbranched alkanes of at least 4 members (excludes halogenated alkanes) is 1. The fourth-order valence-corrected chi connectivity index (χ4v) is 2.22. The predicted octanol–water partition coefficient (Wildman–Crippen LogP) is 0.552. The Balaban J connectivity index is 2.01. The molecule has 1 heterocycles. The van der Waals surface area contributed by atoms with Crippen molar-refractivity contribution in [3.63, 3.8) is 0 Å². The molecule has 1 atom stereocenters. The second-order valence-electron chi connectivity index (χ2n) is 4.96. The van der Waals surface area contributed by atoms with Crippen molar-refractivity contribution in [2.75, 3.05) is 19.6 Å². The molecule has 110 valence electrons. The number of carboxylic acid groups (broad SMARTS) is 1. The summed E-state index contributed by atoms with van der Waals surface area (Å²) in [6.07, 6.45) is 4.22. The highest BCUT2D eigenvalue weighted by molar-refractivity contribution is 5.75. The molecule has 0 aromatic heterocycles. The third-order valence-corrected chi connectivity index (χ3v) is 3.34. The highest BCUT2D eigenvalue weighted by atomic mass is 16.4. The first-order chi connectivity index (χ1) is 9.09. The molecule has 1 unspecified atom stereocenters. The van der Waals surface area contributed by atoms with Gasteiger partial charge in [0.1, 0.15) is 6.23 Å². The SMILES string of the molecule is O=C(O)CCCCC(=O)NCCN1CCCCC1O. The number of hydrogen-bond donors (Lipinski definition) is 3. The van der Waals surface area contributed by atoms with Crippen molar-refractivity contribution in [3.05, 3.63) is 0 Å². The fraction of sp³-hybridized carbons (Fsp3) is 0.846. The molecule has 0 bridgehead atoms. The van der Waals surface area contributed by atoms with Crippen LogP contribution in [0.2, 0.25) is 0 Å². The van der Waals surface area contributed by atoms with Gasteiger partial charge in [-0.2, -0.15) is 0 Å². The molecule has 0 saturated carbocycles. The van der Waals surface area contributed by atoms with E-state index in [0.717, 1.165) is 25.8 Å². The van der Waals surface area contributed by atoms with Gasteiger partial charge in [0.2, 0.25) is 5.91 Å². The Morgan fingerprint density at radius 1 is 1.21 bits per heavy atom. The molecule has 0 aromatic rings. The zero-order chi connectivity index (χ0) is 14.1. The van der Waals surface area contributed by atoms with Gasteiger partial charge in [-0.05, 0) is 32.1 Å². The van der Waals surface area contributed by atoms with E-state index in [2.05, 4.69) is 5.32 Å². The molecule has 1 amide bonds. The van der Waals surface area contributed by atoms with E-state index in [1.807, 2.05) is 4.90 Å². The molecule has 1 rings (SSSR count). The zero-order valence-electron chi connectivity index (χ0n) is 11.3. The number of amides is 1. The predicted molar refractivity (Wildman–Crippen MR) is 70.5 cm³/mol. The maximum absolute atomic E-state index is 11.5. The largest absolute Gasteiger partial charge is 0.481 e. The number of aliphatic hydroxyl groups excluding tert-OH is 1. The number of nitrogens with zero attached hydrogens (tertiary/aromatic N) is 1. The summed E-state index contributed by atoms with van der Waals surface area (Å²) in [6.45, 7) is 2.09. The van der Waals surface area contributed by atoms with Gasteiger partial charge in [0.25, 0.3) is 0 Å². The number of piperidine rings is 1. The average Bonchev–Trinajstić information content (AvgIpc) is 2.37. The second-order valence-corrected chi connectivity index (χ2v) is 4.96. The maximum atomic E-state index is 11.5. The molecule has 0 radical (unpaired) electrons. The monoisotopic (exact) mass is 272 g/mol. The second kappa shape index (κ2) is 8.87. The molecular formula is C13H24N2O4. The summed E-state index contributed by atoms with van der Waals surface area (Å²) < 4.78 is 0. The summed E-state index contributed by atoms with van der Waals surface area (Å²) in [5.41, 5.74) is 0. The Kier molecular flexibility index (Phi) is 7.43. The van der Waals surface area contributed by atoms with Gasteiger partial charge in [-0.25, -0.2) is 0 Å². The van der Waals surface area contributed by atoms with E-state index in [-0.39, 0.29) is 18.6 Å². The number of carbonyl (C=O) groups excluding carboxylic acids is 1. The molecule has 3 N–H and O–H groups in total. The molecule has 1 aliphatic rings. The minimum absolute atomic E-state index is 0.0445. The molecule has 1 saturated heterocycles. The normalized spacial score (nSPS) is 20.2. The summed E-state index contributed by atoms with van der Waals surface area (Å²) in [4.78, 5) is 23.7. The smallest absolute Gasteiger partial charge is 0.303 e. The van der Waals surface area contributed by atoms with E-state index in [1.54, 1.807) is 0 Å². The third kappa shape index (κ3) is 7.12. The summed E-state index contributed by atoms with van der Waals surface area (Å²) in [7, 11) is 0. The minimum Gasteiger partial charge on any atom is -0.481 e. The Labute approximate surface area is 113 Å². The summed E-state index contributed by atoms with van der Waals surface area (Å²) in [5.74, 6) is -0.864. The lowest BCUT2D eigenvalue weighted by Gasteiger charge is -2.31. The van der Waals surface area contributed by atoms with Crippen LogP contribution in [0.15, 0.2) is 0 Å².